The highest BCUT2D eigenvalue weighted by Crippen LogP contribution is 2.33. The third kappa shape index (κ3) is 6.96. The first-order valence-corrected chi connectivity index (χ1v) is 13.4. The highest BCUT2D eigenvalue weighted by molar-refractivity contribution is 9.11. The molecule has 6 nitrogen and oxygen atoms in total. The fourth-order valence-corrected chi connectivity index (χ4v) is 5.12. The maximum Gasteiger partial charge on any atom is 0.173 e. The first kappa shape index (κ1) is 26.8. The number of para-hydroxylation sites is 1. The molecule has 1 aromatic heterocycles. The normalized spacial score (nSPS) is 11.9. The van der Waals surface area contributed by atoms with Gasteiger partial charge in [0, 0.05) is 14.3 Å². The second-order valence-corrected chi connectivity index (χ2v) is 10.7. The molecule has 0 aliphatic heterocycles. The van der Waals surface area contributed by atoms with E-state index in [1.165, 1.54) is 0 Å². The van der Waals surface area contributed by atoms with Crippen LogP contribution in [-0.4, -0.2) is 30.8 Å². The lowest BCUT2D eigenvalue weighted by atomic mass is 10.2. The predicted molar refractivity (Wildman–Crippen MR) is 159 cm³/mol. The first-order valence-electron chi connectivity index (χ1n) is 11.8. The Kier molecular flexibility index (Phi) is 8.95. The number of hydrogen-bond acceptors (Lipinski definition) is 5. The van der Waals surface area contributed by atoms with Gasteiger partial charge in [0.15, 0.2) is 17.3 Å². The number of nitrogens with one attached hydrogen (secondary N) is 1. The summed E-state index contributed by atoms with van der Waals surface area (Å²) in [5.41, 5.74) is 7.33. The van der Waals surface area contributed by atoms with E-state index in [0.29, 0.717) is 35.6 Å². The van der Waals surface area contributed by atoms with Gasteiger partial charge in [-0.15, -0.1) is 0 Å². The SMILES string of the molecule is COc1cc(C=NNC(=Nc2c(C)cc(Br)cc2Br)c2ccc3ccccc3n2)ccc1OCC(C)C. The van der Waals surface area contributed by atoms with Crippen LogP contribution >= 0.6 is 31.9 Å². The van der Waals surface area contributed by atoms with Gasteiger partial charge in [0.05, 0.1) is 31.1 Å². The fraction of sp³-hybridized carbons (Fsp3) is 0.207. The number of halogens is 2. The van der Waals surface area contributed by atoms with Crippen molar-refractivity contribution in [2.45, 2.75) is 20.8 Å². The summed E-state index contributed by atoms with van der Waals surface area (Å²) in [6, 6.07) is 21.7. The van der Waals surface area contributed by atoms with Crippen molar-refractivity contribution < 1.29 is 9.47 Å². The zero-order valence-electron chi connectivity index (χ0n) is 21.1. The molecule has 0 spiro atoms. The summed E-state index contributed by atoms with van der Waals surface area (Å²) in [4.78, 5) is 9.73. The second kappa shape index (κ2) is 12.3. The standard InChI is InChI=1S/C29H28Br2N4O2/c1-18(2)17-37-26-12-9-20(14-27(26)36-4)16-32-35-29(34-28-19(3)13-22(30)15-23(28)31)25-11-10-21-7-5-6-8-24(21)33-25/h5-16,18H,17H2,1-4H3,(H,34,35). The number of amidine groups is 1. The van der Waals surface area contributed by atoms with E-state index in [1.807, 2.05) is 73.7 Å². The number of nitrogens with zero attached hydrogens (tertiary/aromatic N) is 3. The largest absolute Gasteiger partial charge is 0.493 e. The van der Waals surface area contributed by atoms with E-state index in [4.69, 9.17) is 19.5 Å². The summed E-state index contributed by atoms with van der Waals surface area (Å²) in [6.07, 6.45) is 1.72. The number of fused-ring (bicyclic) bond motifs is 1. The third-order valence-electron chi connectivity index (χ3n) is 5.43. The van der Waals surface area contributed by atoms with Gasteiger partial charge >= 0.3 is 0 Å². The van der Waals surface area contributed by atoms with Crippen LogP contribution in [0.1, 0.15) is 30.7 Å². The summed E-state index contributed by atoms with van der Waals surface area (Å²) >= 11 is 7.18. The lowest BCUT2D eigenvalue weighted by molar-refractivity contribution is 0.257. The van der Waals surface area contributed by atoms with E-state index in [0.717, 1.165) is 36.7 Å². The highest BCUT2D eigenvalue weighted by atomic mass is 79.9. The topological polar surface area (TPSA) is 68.1 Å². The van der Waals surface area contributed by atoms with Crippen molar-refractivity contribution in [3.05, 3.63) is 92.5 Å². The number of aryl methyl sites for hydroxylation is 1. The number of ether oxygens (including phenoxy) is 2. The molecule has 8 heteroatoms. The molecule has 0 atom stereocenters. The molecule has 0 saturated heterocycles. The Balaban J connectivity index is 1.66. The molecular weight excluding hydrogens is 596 g/mol. The number of methoxy groups -OCH3 is 1. The van der Waals surface area contributed by atoms with E-state index in [-0.39, 0.29) is 0 Å². The predicted octanol–water partition coefficient (Wildman–Crippen LogP) is 7.81. The van der Waals surface area contributed by atoms with Gasteiger partial charge in [0.1, 0.15) is 5.69 Å². The van der Waals surface area contributed by atoms with E-state index in [9.17, 15) is 0 Å². The van der Waals surface area contributed by atoms with Crippen LogP contribution in [0.25, 0.3) is 10.9 Å². The van der Waals surface area contributed by atoms with Gasteiger partial charge in [-0.05, 0) is 82.4 Å². The van der Waals surface area contributed by atoms with Gasteiger partial charge in [-0.3, -0.25) is 5.43 Å². The minimum atomic E-state index is 0.422. The number of pyridine rings is 1. The first-order chi connectivity index (χ1) is 17.8. The Labute approximate surface area is 234 Å². The quantitative estimate of drug-likeness (QED) is 0.123. The summed E-state index contributed by atoms with van der Waals surface area (Å²) in [7, 11) is 1.63. The zero-order chi connectivity index (χ0) is 26.4. The zero-order valence-corrected chi connectivity index (χ0v) is 24.3. The number of hydrazone groups is 1. The molecule has 0 bridgehead atoms. The van der Waals surface area contributed by atoms with Gasteiger partial charge < -0.3 is 9.47 Å². The Morgan fingerprint density at radius 3 is 2.59 bits per heavy atom. The van der Waals surface area contributed by atoms with Crippen LogP contribution in [-0.2, 0) is 0 Å². The summed E-state index contributed by atoms with van der Waals surface area (Å²) in [6.45, 7) is 6.85. The summed E-state index contributed by atoms with van der Waals surface area (Å²) < 4.78 is 13.2. The van der Waals surface area contributed by atoms with Crippen molar-refractivity contribution in [1.29, 1.82) is 0 Å². The van der Waals surface area contributed by atoms with Crippen LogP contribution in [0, 0.1) is 12.8 Å². The van der Waals surface area contributed by atoms with E-state index >= 15 is 0 Å². The summed E-state index contributed by atoms with van der Waals surface area (Å²) in [5, 5.41) is 5.54. The van der Waals surface area contributed by atoms with Crippen molar-refractivity contribution in [3.8, 4) is 11.5 Å². The van der Waals surface area contributed by atoms with Gasteiger partial charge in [-0.2, -0.15) is 5.10 Å². The molecule has 0 aliphatic carbocycles. The maximum absolute atomic E-state index is 5.86. The van der Waals surface area contributed by atoms with Crippen molar-refractivity contribution >= 4 is 60.5 Å². The number of rotatable bonds is 8. The number of aliphatic imine (C=N–C) groups is 1. The van der Waals surface area contributed by atoms with Crippen molar-refractivity contribution in [2.75, 3.05) is 13.7 Å². The molecule has 190 valence electrons. The minimum absolute atomic E-state index is 0.422. The van der Waals surface area contributed by atoms with Crippen LogP contribution in [0.15, 0.2) is 85.8 Å². The maximum atomic E-state index is 5.86. The van der Waals surface area contributed by atoms with E-state index in [1.54, 1.807) is 13.3 Å². The lowest BCUT2D eigenvalue weighted by Gasteiger charge is -2.13. The van der Waals surface area contributed by atoms with Gasteiger partial charge in [0.25, 0.3) is 0 Å². The molecular formula is C29H28Br2N4O2. The van der Waals surface area contributed by atoms with Gasteiger partial charge in [-0.1, -0.05) is 54.0 Å². The number of hydrogen-bond donors (Lipinski definition) is 1. The molecule has 1 N–H and O–H groups in total. The van der Waals surface area contributed by atoms with Crippen LogP contribution in [0.3, 0.4) is 0 Å². The minimum Gasteiger partial charge on any atom is -0.493 e. The molecule has 4 aromatic rings. The Morgan fingerprint density at radius 2 is 1.84 bits per heavy atom. The number of benzene rings is 3. The van der Waals surface area contributed by atoms with Crippen LogP contribution in [0.5, 0.6) is 11.5 Å². The lowest BCUT2D eigenvalue weighted by Crippen LogP contribution is -2.20. The monoisotopic (exact) mass is 622 g/mol. The molecule has 4 rings (SSSR count). The van der Waals surface area contributed by atoms with Crippen LogP contribution < -0.4 is 14.9 Å². The van der Waals surface area contributed by atoms with Crippen molar-refractivity contribution in [3.63, 3.8) is 0 Å². The molecule has 0 saturated carbocycles. The molecule has 0 fully saturated rings. The molecule has 1 heterocycles. The molecule has 0 radical (unpaired) electrons. The molecule has 0 aliphatic rings. The summed E-state index contributed by atoms with van der Waals surface area (Å²) in [5.74, 6) is 2.31. The van der Waals surface area contributed by atoms with Gasteiger partial charge in [0.2, 0.25) is 0 Å². The van der Waals surface area contributed by atoms with Crippen molar-refractivity contribution in [1.82, 2.24) is 10.4 Å². The molecule has 0 amide bonds. The molecule has 0 unspecified atom stereocenters. The van der Waals surface area contributed by atoms with E-state index in [2.05, 4.69) is 56.2 Å². The van der Waals surface area contributed by atoms with Crippen LogP contribution in [0.4, 0.5) is 5.69 Å². The average Bonchev–Trinajstić information content (AvgIpc) is 2.88. The number of aromatic nitrogens is 1. The molecule has 37 heavy (non-hydrogen) atoms. The highest BCUT2D eigenvalue weighted by Gasteiger charge is 2.11. The second-order valence-electron chi connectivity index (χ2n) is 8.89. The van der Waals surface area contributed by atoms with Gasteiger partial charge in [-0.25, -0.2) is 9.98 Å². The Hall–Kier alpha value is -3.23. The van der Waals surface area contributed by atoms with Crippen LogP contribution in [0.2, 0.25) is 0 Å². The Morgan fingerprint density at radius 1 is 1.03 bits per heavy atom. The third-order valence-corrected chi connectivity index (χ3v) is 6.49. The fourth-order valence-electron chi connectivity index (χ4n) is 3.59. The smallest absolute Gasteiger partial charge is 0.173 e. The van der Waals surface area contributed by atoms with E-state index < -0.39 is 0 Å². The molecule has 3 aromatic carbocycles. The Bertz CT molecular complexity index is 1440. The van der Waals surface area contributed by atoms with Crippen molar-refractivity contribution in [2.24, 2.45) is 16.0 Å². The average molecular weight is 624 g/mol.